The normalized spacial score (nSPS) is 22.7. The number of carbonyl (C=O) groups is 2. The molecule has 1 spiro atoms. The third kappa shape index (κ3) is 2.80. The molecule has 156 valence electrons. The molecule has 0 unspecified atom stereocenters. The molecular weight excluding hydrogens is 410 g/mol. The Morgan fingerprint density at radius 2 is 2.00 bits per heavy atom. The van der Waals surface area contributed by atoms with Gasteiger partial charge in [-0.3, -0.25) is 9.59 Å². The minimum atomic E-state index is -1.14. The van der Waals surface area contributed by atoms with Crippen LogP contribution in [0.3, 0.4) is 0 Å². The number of amides is 2. The zero-order chi connectivity index (χ0) is 21.0. The molecule has 2 amide bonds. The summed E-state index contributed by atoms with van der Waals surface area (Å²) in [6.07, 6.45) is 1.71. The maximum atomic E-state index is 13.8. The molecule has 1 saturated carbocycles. The fourth-order valence-electron chi connectivity index (χ4n) is 4.27. The van der Waals surface area contributed by atoms with E-state index in [1.54, 1.807) is 29.0 Å². The second-order valence-corrected chi connectivity index (χ2v) is 9.07. The summed E-state index contributed by atoms with van der Waals surface area (Å²) in [5.74, 6) is -0.863. The van der Waals surface area contributed by atoms with Crippen LogP contribution in [0, 0.1) is 17.6 Å². The van der Waals surface area contributed by atoms with Gasteiger partial charge in [0.1, 0.15) is 5.75 Å². The van der Waals surface area contributed by atoms with E-state index in [-0.39, 0.29) is 24.3 Å². The first kappa shape index (κ1) is 19.4. The first-order chi connectivity index (χ1) is 14.5. The molecule has 0 N–H and O–H groups in total. The first-order valence-corrected chi connectivity index (χ1v) is 10.8. The summed E-state index contributed by atoms with van der Waals surface area (Å²) < 4.78 is 32.5. The number of fused-ring (bicyclic) bond motifs is 2. The number of hydrogen-bond donors (Lipinski definition) is 0. The Bertz CT molecular complexity index is 1060. The number of carbonyl (C=O) groups excluding carboxylic acids is 2. The van der Waals surface area contributed by atoms with Crippen molar-refractivity contribution in [3.05, 3.63) is 59.2 Å². The number of benzene rings is 2. The Balaban J connectivity index is 1.60. The Hall–Kier alpha value is -2.61. The lowest BCUT2D eigenvalue weighted by Gasteiger charge is -2.33. The van der Waals surface area contributed by atoms with Gasteiger partial charge in [-0.1, -0.05) is 6.07 Å². The third-order valence-electron chi connectivity index (χ3n) is 5.92. The lowest BCUT2D eigenvalue weighted by atomic mass is 10.0. The number of hydrogen-bond acceptors (Lipinski definition) is 4. The second-order valence-electron chi connectivity index (χ2n) is 7.78. The van der Waals surface area contributed by atoms with E-state index in [2.05, 4.69) is 0 Å². The number of methoxy groups -OCH3 is 1. The standard InChI is InChI=1S/C22H20F2N2O3S/c1-29-15-5-7-19-16(11-15)22(26(8-9-30-22)20(27)14-3-4-14)21(28)25(19)12-13-2-6-17(23)18(24)10-13/h2,5-7,10-11,14H,3-4,8-9,12H2,1H3/t22-/m1/s1. The quantitative estimate of drug-likeness (QED) is 0.743. The maximum Gasteiger partial charge on any atom is 0.268 e. The fourth-order valence-corrected chi connectivity index (χ4v) is 5.73. The molecule has 0 aromatic heterocycles. The van der Waals surface area contributed by atoms with Crippen molar-refractivity contribution < 1.29 is 23.1 Å². The van der Waals surface area contributed by atoms with Crippen molar-refractivity contribution in [2.45, 2.75) is 24.3 Å². The molecule has 2 aromatic rings. The SMILES string of the molecule is COc1ccc2c(c1)[C@@]1(SCCN1C(=O)C1CC1)C(=O)N2Cc1ccc(F)c(F)c1. The van der Waals surface area contributed by atoms with E-state index in [1.807, 2.05) is 6.07 Å². The molecule has 1 aliphatic carbocycles. The van der Waals surface area contributed by atoms with Gasteiger partial charge >= 0.3 is 0 Å². The molecule has 3 aliphatic rings. The molecule has 0 bridgehead atoms. The smallest absolute Gasteiger partial charge is 0.268 e. The van der Waals surface area contributed by atoms with E-state index in [4.69, 9.17) is 4.74 Å². The van der Waals surface area contributed by atoms with E-state index in [1.165, 1.54) is 17.8 Å². The Labute approximate surface area is 177 Å². The van der Waals surface area contributed by atoms with Crippen LogP contribution in [0.2, 0.25) is 0 Å². The van der Waals surface area contributed by atoms with E-state index in [0.717, 1.165) is 25.0 Å². The van der Waals surface area contributed by atoms with Crippen molar-refractivity contribution in [1.82, 2.24) is 4.90 Å². The van der Waals surface area contributed by atoms with Gasteiger partial charge in [0.15, 0.2) is 16.5 Å². The van der Waals surface area contributed by atoms with Crippen LogP contribution in [0.1, 0.15) is 24.0 Å². The number of rotatable bonds is 4. The predicted octanol–water partition coefficient (Wildman–Crippen LogP) is 3.66. The molecule has 8 heteroatoms. The van der Waals surface area contributed by atoms with Crippen molar-refractivity contribution in [2.24, 2.45) is 5.92 Å². The summed E-state index contributed by atoms with van der Waals surface area (Å²) in [6, 6.07) is 8.99. The largest absolute Gasteiger partial charge is 0.497 e. The molecule has 2 heterocycles. The predicted molar refractivity (Wildman–Crippen MR) is 109 cm³/mol. The fraction of sp³-hybridized carbons (Fsp3) is 0.364. The summed E-state index contributed by atoms with van der Waals surface area (Å²) in [5.41, 5.74) is 1.85. The van der Waals surface area contributed by atoms with Crippen molar-refractivity contribution in [1.29, 1.82) is 0 Å². The maximum absolute atomic E-state index is 13.8. The van der Waals surface area contributed by atoms with Gasteiger partial charge in [-0.2, -0.15) is 0 Å². The molecule has 2 aromatic carbocycles. The topological polar surface area (TPSA) is 49.9 Å². The van der Waals surface area contributed by atoms with Gasteiger partial charge in [-0.15, -0.1) is 11.8 Å². The molecule has 1 saturated heterocycles. The first-order valence-electron chi connectivity index (χ1n) is 9.85. The highest BCUT2D eigenvalue weighted by atomic mass is 32.2. The Morgan fingerprint density at radius 3 is 2.70 bits per heavy atom. The van der Waals surface area contributed by atoms with E-state index >= 15 is 0 Å². The number of halogens is 2. The van der Waals surface area contributed by atoms with Gasteiger partial charge in [-0.05, 0) is 48.7 Å². The van der Waals surface area contributed by atoms with Crippen molar-refractivity contribution in [3.8, 4) is 5.75 Å². The number of thioether (sulfide) groups is 1. The molecule has 2 aliphatic heterocycles. The molecule has 5 nitrogen and oxygen atoms in total. The summed E-state index contributed by atoms with van der Waals surface area (Å²) in [7, 11) is 1.55. The van der Waals surface area contributed by atoms with E-state index in [0.29, 0.717) is 34.9 Å². The van der Waals surface area contributed by atoms with Crippen LogP contribution in [0.25, 0.3) is 0 Å². The zero-order valence-corrected chi connectivity index (χ0v) is 17.2. The van der Waals surface area contributed by atoms with Crippen LogP contribution < -0.4 is 9.64 Å². The van der Waals surface area contributed by atoms with E-state index in [9.17, 15) is 18.4 Å². The Morgan fingerprint density at radius 1 is 1.20 bits per heavy atom. The highest BCUT2D eigenvalue weighted by Crippen LogP contribution is 2.56. The third-order valence-corrected chi connectivity index (χ3v) is 7.34. The highest BCUT2D eigenvalue weighted by Gasteiger charge is 2.60. The molecule has 2 fully saturated rings. The van der Waals surface area contributed by atoms with Crippen LogP contribution in [-0.4, -0.2) is 36.1 Å². The summed E-state index contributed by atoms with van der Waals surface area (Å²) in [6.45, 7) is 0.588. The van der Waals surface area contributed by atoms with Gasteiger partial charge in [0.25, 0.3) is 5.91 Å². The highest BCUT2D eigenvalue weighted by molar-refractivity contribution is 8.01. The van der Waals surface area contributed by atoms with Gasteiger partial charge in [-0.25, -0.2) is 8.78 Å². The molecule has 30 heavy (non-hydrogen) atoms. The van der Waals surface area contributed by atoms with Gasteiger partial charge in [0.05, 0.1) is 19.3 Å². The van der Waals surface area contributed by atoms with Crippen molar-refractivity contribution in [3.63, 3.8) is 0 Å². The van der Waals surface area contributed by atoms with Crippen LogP contribution in [0.15, 0.2) is 36.4 Å². The molecule has 5 rings (SSSR count). The van der Waals surface area contributed by atoms with Crippen LogP contribution >= 0.6 is 11.8 Å². The number of nitrogens with zero attached hydrogens (tertiary/aromatic N) is 2. The van der Waals surface area contributed by atoms with E-state index < -0.39 is 16.5 Å². The van der Waals surface area contributed by atoms with Crippen molar-refractivity contribution in [2.75, 3.05) is 24.3 Å². The minimum Gasteiger partial charge on any atom is -0.497 e. The lowest BCUT2D eigenvalue weighted by molar-refractivity contribution is -0.141. The second kappa shape index (κ2) is 6.97. The average Bonchev–Trinajstić information content (AvgIpc) is 3.47. The zero-order valence-electron chi connectivity index (χ0n) is 16.4. The van der Waals surface area contributed by atoms with Gasteiger partial charge < -0.3 is 14.5 Å². The molecular formula is C22H20F2N2O3S. The minimum absolute atomic E-state index is 0.0109. The van der Waals surface area contributed by atoms with Crippen LogP contribution in [0.5, 0.6) is 5.75 Å². The Kier molecular flexibility index (Phi) is 4.50. The molecule has 1 atom stereocenters. The number of ether oxygens (including phenoxy) is 1. The summed E-state index contributed by atoms with van der Waals surface area (Å²) in [5, 5.41) is 0. The summed E-state index contributed by atoms with van der Waals surface area (Å²) >= 11 is 1.45. The van der Waals surface area contributed by atoms with Crippen LogP contribution in [0.4, 0.5) is 14.5 Å². The monoisotopic (exact) mass is 430 g/mol. The van der Waals surface area contributed by atoms with Crippen molar-refractivity contribution >= 4 is 29.3 Å². The van der Waals surface area contributed by atoms with Gasteiger partial charge in [0, 0.05) is 23.8 Å². The van der Waals surface area contributed by atoms with Crippen LogP contribution in [-0.2, 0) is 21.0 Å². The average molecular weight is 430 g/mol. The number of anilines is 1. The summed E-state index contributed by atoms with van der Waals surface area (Å²) in [4.78, 5) is 29.0. The molecule has 0 radical (unpaired) electrons. The lowest BCUT2D eigenvalue weighted by Crippen LogP contribution is -2.50. The van der Waals surface area contributed by atoms with Gasteiger partial charge in [0.2, 0.25) is 5.91 Å².